The van der Waals surface area contributed by atoms with E-state index in [1.54, 1.807) is 12.1 Å². The molecule has 0 saturated carbocycles. The predicted octanol–water partition coefficient (Wildman–Crippen LogP) is 1.70. The zero-order chi connectivity index (χ0) is 13.2. The summed E-state index contributed by atoms with van der Waals surface area (Å²) >= 11 is 6.06. The lowest BCUT2D eigenvalue weighted by molar-refractivity contribution is 0.435. The highest BCUT2D eigenvalue weighted by molar-refractivity contribution is 7.89. The van der Waals surface area contributed by atoms with Crippen molar-refractivity contribution >= 4 is 27.4 Å². The molecule has 1 aliphatic rings. The third kappa shape index (κ3) is 2.93. The molecule has 0 spiro atoms. The molecule has 7 heteroatoms. The number of anilines is 1. The first-order valence-corrected chi connectivity index (χ1v) is 7.89. The molecule has 0 unspecified atom stereocenters. The Bertz CT molecular complexity index is 533. The minimum Gasteiger partial charge on any atom is -0.370 e. The molecule has 0 radical (unpaired) electrons. The first-order chi connectivity index (χ1) is 8.53. The SMILES string of the molecule is CCNc1ccc(Cl)c(CN2CCCS2(=O)=O)n1. The maximum absolute atomic E-state index is 11.7. The lowest BCUT2D eigenvalue weighted by Gasteiger charge is -2.15. The van der Waals surface area contributed by atoms with E-state index in [4.69, 9.17) is 11.6 Å². The molecule has 0 bridgehead atoms. The van der Waals surface area contributed by atoms with E-state index in [1.807, 2.05) is 6.92 Å². The predicted molar refractivity (Wildman–Crippen MR) is 72.2 cm³/mol. The van der Waals surface area contributed by atoms with Gasteiger partial charge in [-0.05, 0) is 25.5 Å². The molecular weight excluding hydrogens is 274 g/mol. The van der Waals surface area contributed by atoms with E-state index in [-0.39, 0.29) is 12.3 Å². The number of pyridine rings is 1. The van der Waals surface area contributed by atoms with Gasteiger partial charge in [-0.2, -0.15) is 4.31 Å². The molecule has 0 amide bonds. The number of nitrogens with zero attached hydrogens (tertiary/aromatic N) is 2. The monoisotopic (exact) mass is 289 g/mol. The fourth-order valence-electron chi connectivity index (χ4n) is 1.91. The topological polar surface area (TPSA) is 62.3 Å². The number of rotatable bonds is 4. The van der Waals surface area contributed by atoms with E-state index < -0.39 is 10.0 Å². The van der Waals surface area contributed by atoms with Gasteiger partial charge >= 0.3 is 0 Å². The second-order valence-electron chi connectivity index (χ2n) is 4.16. The lowest BCUT2D eigenvalue weighted by atomic mass is 10.3. The Morgan fingerprint density at radius 2 is 2.28 bits per heavy atom. The van der Waals surface area contributed by atoms with Gasteiger partial charge in [0.05, 0.1) is 23.0 Å². The second-order valence-corrected chi connectivity index (χ2v) is 6.65. The smallest absolute Gasteiger partial charge is 0.214 e. The van der Waals surface area contributed by atoms with E-state index in [2.05, 4.69) is 10.3 Å². The first-order valence-electron chi connectivity index (χ1n) is 5.90. The average Bonchev–Trinajstić information content (AvgIpc) is 2.63. The Balaban J connectivity index is 2.20. The van der Waals surface area contributed by atoms with Gasteiger partial charge < -0.3 is 5.32 Å². The largest absolute Gasteiger partial charge is 0.370 e. The highest BCUT2D eigenvalue weighted by Gasteiger charge is 2.29. The van der Waals surface area contributed by atoms with Crippen LogP contribution in [0.4, 0.5) is 5.82 Å². The van der Waals surface area contributed by atoms with Crippen LogP contribution in [-0.2, 0) is 16.6 Å². The van der Waals surface area contributed by atoms with Crippen molar-refractivity contribution in [2.45, 2.75) is 19.9 Å². The zero-order valence-electron chi connectivity index (χ0n) is 10.2. The molecule has 100 valence electrons. The molecule has 1 aromatic heterocycles. The molecular formula is C11H16ClN3O2S. The highest BCUT2D eigenvalue weighted by atomic mass is 35.5. The van der Waals surface area contributed by atoms with Crippen molar-refractivity contribution in [3.05, 3.63) is 22.8 Å². The highest BCUT2D eigenvalue weighted by Crippen LogP contribution is 2.22. The molecule has 2 heterocycles. The zero-order valence-corrected chi connectivity index (χ0v) is 11.8. The lowest BCUT2D eigenvalue weighted by Crippen LogP contribution is -2.25. The van der Waals surface area contributed by atoms with Crippen LogP contribution in [-0.4, -0.2) is 36.5 Å². The van der Waals surface area contributed by atoms with Gasteiger partial charge in [-0.3, -0.25) is 0 Å². The molecule has 5 nitrogen and oxygen atoms in total. The number of halogens is 1. The molecule has 2 rings (SSSR count). The van der Waals surface area contributed by atoms with Crippen LogP contribution in [0.2, 0.25) is 5.02 Å². The van der Waals surface area contributed by atoms with E-state index in [0.717, 1.165) is 6.54 Å². The van der Waals surface area contributed by atoms with Crippen LogP contribution in [0.1, 0.15) is 19.0 Å². The maximum Gasteiger partial charge on any atom is 0.214 e. The van der Waals surface area contributed by atoms with Crippen molar-refractivity contribution in [2.75, 3.05) is 24.2 Å². The van der Waals surface area contributed by atoms with E-state index in [9.17, 15) is 8.42 Å². The summed E-state index contributed by atoms with van der Waals surface area (Å²) in [6, 6.07) is 3.53. The molecule has 1 N–H and O–H groups in total. The van der Waals surface area contributed by atoms with Crippen molar-refractivity contribution in [1.29, 1.82) is 0 Å². The van der Waals surface area contributed by atoms with Crippen LogP contribution in [0.15, 0.2) is 12.1 Å². The van der Waals surface area contributed by atoms with Crippen LogP contribution in [0, 0.1) is 0 Å². The molecule has 1 aliphatic heterocycles. The van der Waals surface area contributed by atoms with Gasteiger partial charge in [0.1, 0.15) is 5.82 Å². The normalized spacial score (nSPS) is 19.0. The molecule has 1 fully saturated rings. The molecule has 1 aromatic rings. The Hall–Kier alpha value is -0.850. The third-order valence-electron chi connectivity index (χ3n) is 2.81. The van der Waals surface area contributed by atoms with Crippen LogP contribution in [0.3, 0.4) is 0 Å². The van der Waals surface area contributed by atoms with Gasteiger partial charge in [0.25, 0.3) is 0 Å². The second kappa shape index (κ2) is 5.42. The van der Waals surface area contributed by atoms with Crippen molar-refractivity contribution in [2.24, 2.45) is 0 Å². The molecule has 0 aromatic carbocycles. The van der Waals surface area contributed by atoms with Crippen LogP contribution in [0.25, 0.3) is 0 Å². The number of sulfonamides is 1. The van der Waals surface area contributed by atoms with E-state index >= 15 is 0 Å². The molecule has 18 heavy (non-hydrogen) atoms. The summed E-state index contributed by atoms with van der Waals surface area (Å²) < 4.78 is 24.9. The summed E-state index contributed by atoms with van der Waals surface area (Å²) in [5.41, 5.74) is 0.598. The Morgan fingerprint density at radius 1 is 1.50 bits per heavy atom. The fraction of sp³-hybridized carbons (Fsp3) is 0.545. The fourth-order valence-corrected chi connectivity index (χ4v) is 3.55. The van der Waals surface area contributed by atoms with E-state index in [1.165, 1.54) is 4.31 Å². The summed E-state index contributed by atoms with van der Waals surface area (Å²) in [7, 11) is -3.11. The number of aromatic nitrogens is 1. The Kier molecular flexibility index (Phi) is 4.09. The van der Waals surface area contributed by atoms with Crippen molar-refractivity contribution in [1.82, 2.24) is 9.29 Å². The van der Waals surface area contributed by atoms with Crippen molar-refractivity contribution < 1.29 is 8.42 Å². The summed E-state index contributed by atoms with van der Waals surface area (Å²) in [5.74, 6) is 0.936. The molecule has 0 atom stereocenters. The molecule has 1 saturated heterocycles. The Labute approximate surface area is 112 Å². The third-order valence-corrected chi connectivity index (χ3v) is 5.05. The maximum atomic E-state index is 11.7. The summed E-state index contributed by atoms with van der Waals surface area (Å²) in [6.45, 7) is 3.53. The van der Waals surface area contributed by atoms with Crippen LogP contribution < -0.4 is 5.32 Å². The van der Waals surface area contributed by atoms with Gasteiger partial charge in [-0.15, -0.1) is 0 Å². The minimum absolute atomic E-state index is 0.220. The van der Waals surface area contributed by atoms with Gasteiger partial charge in [-0.1, -0.05) is 11.6 Å². The molecule has 0 aliphatic carbocycles. The van der Waals surface area contributed by atoms with Crippen LogP contribution in [0.5, 0.6) is 0 Å². The minimum atomic E-state index is -3.11. The number of hydrogen-bond donors (Lipinski definition) is 1. The van der Waals surface area contributed by atoms with Crippen molar-refractivity contribution in [3.8, 4) is 0 Å². The standard InChI is InChI=1S/C11H16ClN3O2S/c1-2-13-11-5-4-9(12)10(14-11)8-15-6-3-7-18(15,16)17/h4-5H,2-3,6-8H2,1H3,(H,13,14). The number of hydrogen-bond acceptors (Lipinski definition) is 4. The average molecular weight is 290 g/mol. The van der Waals surface area contributed by atoms with Gasteiger partial charge in [0, 0.05) is 13.1 Å². The summed E-state index contributed by atoms with van der Waals surface area (Å²) in [4.78, 5) is 4.34. The van der Waals surface area contributed by atoms with Gasteiger partial charge in [-0.25, -0.2) is 13.4 Å². The van der Waals surface area contributed by atoms with Gasteiger partial charge in [0.2, 0.25) is 10.0 Å². The van der Waals surface area contributed by atoms with Gasteiger partial charge in [0.15, 0.2) is 0 Å². The summed E-state index contributed by atoms with van der Waals surface area (Å²) in [5, 5.41) is 3.58. The van der Waals surface area contributed by atoms with Crippen LogP contribution >= 0.6 is 11.6 Å². The quantitative estimate of drug-likeness (QED) is 0.916. The number of nitrogens with one attached hydrogen (secondary N) is 1. The summed E-state index contributed by atoms with van der Waals surface area (Å²) in [6.07, 6.45) is 0.673. The van der Waals surface area contributed by atoms with Crippen molar-refractivity contribution in [3.63, 3.8) is 0 Å². The Morgan fingerprint density at radius 3 is 2.89 bits per heavy atom. The first kappa shape index (κ1) is 13.6. The van der Waals surface area contributed by atoms with E-state index in [0.29, 0.717) is 29.5 Å².